The molecule has 0 saturated heterocycles. The molecule has 3 nitrogen and oxygen atoms in total. The molecule has 3 rings (SSSR count). The quantitative estimate of drug-likeness (QED) is 0.710. The van der Waals surface area contributed by atoms with E-state index in [1.165, 1.54) is 18.4 Å². The minimum Gasteiger partial charge on any atom is -0.311 e. The average Bonchev–Trinajstić information content (AvgIpc) is 3.28. The zero-order valence-electron chi connectivity index (χ0n) is 12.7. The normalized spacial score (nSPS) is 17.7. The Balaban J connectivity index is 2.07. The Hall–Kier alpha value is -1.16. The molecule has 2 unspecified atom stereocenters. The van der Waals surface area contributed by atoms with Crippen LogP contribution in [0.15, 0.2) is 30.3 Å². The van der Waals surface area contributed by atoms with Gasteiger partial charge in [-0.2, -0.15) is 0 Å². The van der Waals surface area contributed by atoms with Crippen LogP contribution in [0.2, 0.25) is 0 Å². The maximum Gasteiger partial charge on any atom is 0.143 e. The van der Waals surface area contributed by atoms with E-state index in [1.807, 2.05) is 0 Å². The Morgan fingerprint density at radius 2 is 1.95 bits per heavy atom. The Labute approximate surface area is 134 Å². The lowest BCUT2D eigenvalue weighted by atomic mass is 9.85. The lowest BCUT2D eigenvalue weighted by molar-refractivity contribution is 0.458. The molecule has 2 atom stereocenters. The van der Waals surface area contributed by atoms with Crippen LogP contribution in [0.4, 0.5) is 0 Å². The van der Waals surface area contributed by atoms with Crippen LogP contribution in [-0.2, 0) is 5.33 Å². The summed E-state index contributed by atoms with van der Waals surface area (Å²) < 4.78 is 2.39. The summed E-state index contributed by atoms with van der Waals surface area (Å²) in [6.45, 7) is 4.57. The van der Waals surface area contributed by atoms with Gasteiger partial charge >= 0.3 is 0 Å². The molecule has 1 aromatic carbocycles. The third-order valence-corrected chi connectivity index (χ3v) is 4.98. The van der Waals surface area contributed by atoms with Crippen LogP contribution in [0.3, 0.4) is 0 Å². The first kappa shape index (κ1) is 14.8. The molecule has 0 N–H and O–H groups in total. The van der Waals surface area contributed by atoms with Gasteiger partial charge in [-0.15, -0.1) is 10.2 Å². The topological polar surface area (TPSA) is 30.7 Å². The van der Waals surface area contributed by atoms with Gasteiger partial charge in [-0.1, -0.05) is 66.5 Å². The second-order valence-electron chi connectivity index (χ2n) is 5.98. The van der Waals surface area contributed by atoms with Crippen LogP contribution in [0.1, 0.15) is 62.3 Å². The molecule has 1 aliphatic rings. The van der Waals surface area contributed by atoms with Crippen LogP contribution < -0.4 is 0 Å². The molecule has 4 heteroatoms. The molecule has 0 radical (unpaired) electrons. The van der Waals surface area contributed by atoms with Gasteiger partial charge in [0.1, 0.15) is 11.6 Å². The molecule has 0 bridgehead atoms. The monoisotopic (exact) mass is 347 g/mol. The summed E-state index contributed by atoms with van der Waals surface area (Å²) in [4.78, 5) is 0. The van der Waals surface area contributed by atoms with Crippen molar-refractivity contribution >= 4 is 15.9 Å². The van der Waals surface area contributed by atoms with Crippen LogP contribution in [0, 0.1) is 5.92 Å². The van der Waals surface area contributed by atoms with Crippen molar-refractivity contribution < 1.29 is 0 Å². The molecule has 1 fully saturated rings. The molecular formula is C17H22BrN3. The van der Waals surface area contributed by atoms with Crippen molar-refractivity contribution in [3.63, 3.8) is 0 Å². The minimum absolute atomic E-state index is 0.331. The van der Waals surface area contributed by atoms with Gasteiger partial charge in [0.25, 0.3) is 0 Å². The van der Waals surface area contributed by atoms with Crippen LogP contribution in [-0.4, -0.2) is 14.8 Å². The highest BCUT2D eigenvalue weighted by atomic mass is 79.9. The van der Waals surface area contributed by atoms with Gasteiger partial charge in [0, 0.05) is 12.0 Å². The maximum atomic E-state index is 4.58. The molecule has 0 spiro atoms. The van der Waals surface area contributed by atoms with Crippen molar-refractivity contribution in [2.24, 2.45) is 5.92 Å². The zero-order valence-corrected chi connectivity index (χ0v) is 14.3. The van der Waals surface area contributed by atoms with E-state index in [1.54, 1.807) is 0 Å². The molecule has 1 saturated carbocycles. The second-order valence-corrected chi connectivity index (χ2v) is 6.54. The zero-order chi connectivity index (χ0) is 14.8. The highest BCUT2D eigenvalue weighted by molar-refractivity contribution is 9.08. The second kappa shape index (κ2) is 6.30. The summed E-state index contributed by atoms with van der Waals surface area (Å²) >= 11 is 3.55. The Morgan fingerprint density at radius 1 is 1.24 bits per heavy atom. The van der Waals surface area contributed by atoms with Crippen molar-refractivity contribution in [2.75, 3.05) is 0 Å². The van der Waals surface area contributed by atoms with Crippen molar-refractivity contribution in [1.29, 1.82) is 0 Å². The molecule has 112 valence electrons. The first-order valence-electron chi connectivity index (χ1n) is 7.80. The van der Waals surface area contributed by atoms with E-state index >= 15 is 0 Å². The fraction of sp³-hybridized carbons (Fsp3) is 0.529. The first-order chi connectivity index (χ1) is 10.3. The summed E-state index contributed by atoms with van der Waals surface area (Å²) in [6, 6.07) is 11.4. The van der Waals surface area contributed by atoms with Gasteiger partial charge in [-0.25, -0.2) is 0 Å². The van der Waals surface area contributed by atoms with Crippen molar-refractivity contribution in [3.05, 3.63) is 47.5 Å². The third kappa shape index (κ3) is 2.91. The van der Waals surface area contributed by atoms with E-state index in [2.05, 4.69) is 74.9 Å². The lowest BCUT2D eigenvalue weighted by Gasteiger charge is -2.24. The van der Waals surface area contributed by atoms with E-state index in [4.69, 9.17) is 0 Å². The molecular weight excluding hydrogens is 326 g/mol. The van der Waals surface area contributed by atoms with E-state index in [9.17, 15) is 0 Å². The number of alkyl halides is 1. The lowest BCUT2D eigenvalue weighted by Crippen LogP contribution is -2.17. The SMILES string of the molecule is CCC(C)C(c1ccccc1)c1nnc(CBr)n1C1CC1. The van der Waals surface area contributed by atoms with E-state index < -0.39 is 0 Å². The predicted octanol–water partition coefficient (Wildman–Crippen LogP) is 4.69. The molecule has 2 aromatic rings. The van der Waals surface area contributed by atoms with Gasteiger partial charge < -0.3 is 4.57 Å². The summed E-state index contributed by atoms with van der Waals surface area (Å²) in [6.07, 6.45) is 3.65. The molecule has 21 heavy (non-hydrogen) atoms. The number of rotatable bonds is 6. The van der Waals surface area contributed by atoms with E-state index in [0.29, 0.717) is 17.9 Å². The standard InChI is InChI=1S/C17H22BrN3/c1-3-12(2)16(13-7-5-4-6-8-13)17-20-19-15(11-18)21(17)14-9-10-14/h4-8,12,14,16H,3,9-11H2,1-2H3. The first-order valence-corrected chi connectivity index (χ1v) is 8.93. The van der Waals surface area contributed by atoms with E-state index in [0.717, 1.165) is 23.4 Å². The van der Waals surface area contributed by atoms with Gasteiger partial charge in [0.2, 0.25) is 0 Å². The van der Waals surface area contributed by atoms with Gasteiger partial charge in [0.15, 0.2) is 0 Å². The van der Waals surface area contributed by atoms with Crippen molar-refractivity contribution in [3.8, 4) is 0 Å². The van der Waals surface area contributed by atoms with Crippen molar-refractivity contribution in [1.82, 2.24) is 14.8 Å². The molecule has 0 amide bonds. The summed E-state index contributed by atoms with van der Waals surface area (Å²) in [5.41, 5.74) is 1.35. The Morgan fingerprint density at radius 3 is 2.52 bits per heavy atom. The predicted molar refractivity (Wildman–Crippen MR) is 88.7 cm³/mol. The highest BCUT2D eigenvalue weighted by Gasteiger charge is 2.33. The Bertz CT molecular complexity index is 589. The Kier molecular flexibility index (Phi) is 4.43. The fourth-order valence-corrected chi connectivity index (χ4v) is 3.38. The minimum atomic E-state index is 0.331. The van der Waals surface area contributed by atoms with Crippen LogP contribution in [0.5, 0.6) is 0 Å². The molecule has 1 heterocycles. The summed E-state index contributed by atoms with van der Waals surface area (Å²) in [5, 5.41) is 9.78. The number of hydrogen-bond acceptors (Lipinski definition) is 2. The smallest absolute Gasteiger partial charge is 0.143 e. The van der Waals surface area contributed by atoms with Crippen molar-refractivity contribution in [2.45, 2.75) is 50.4 Å². The van der Waals surface area contributed by atoms with Gasteiger partial charge in [0.05, 0.1) is 5.33 Å². The molecule has 0 aliphatic heterocycles. The number of benzene rings is 1. The van der Waals surface area contributed by atoms with Gasteiger partial charge in [-0.3, -0.25) is 0 Å². The van der Waals surface area contributed by atoms with Crippen LogP contribution in [0.25, 0.3) is 0 Å². The number of nitrogens with zero attached hydrogens (tertiary/aromatic N) is 3. The maximum absolute atomic E-state index is 4.58. The fourth-order valence-electron chi connectivity index (χ4n) is 3.00. The van der Waals surface area contributed by atoms with Crippen LogP contribution >= 0.6 is 15.9 Å². The molecule has 1 aromatic heterocycles. The third-order valence-electron chi connectivity index (χ3n) is 4.47. The highest BCUT2D eigenvalue weighted by Crippen LogP contribution is 2.41. The van der Waals surface area contributed by atoms with Gasteiger partial charge in [-0.05, 0) is 24.3 Å². The number of halogens is 1. The summed E-state index contributed by atoms with van der Waals surface area (Å²) in [5.74, 6) is 3.10. The largest absolute Gasteiger partial charge is 0.311 e. The van der Waals surface area contributed by atoms with E-state index in [-0.39, 0.29) is 0 Å². The molecule has 1 aliphatic carbocycles. The number of aromatic nitrogens is 3. The average molecular weight is 348 g/mol. The summed E-state index contributed by atoms with van der Waals surface area (Å²) in [7, 11) is 0. The number of hydrogen-bond donors (Lipinski definition) is 0.